The molecule has 3 rings (SSSR count). The molecular weight excluding hydrogens is 320 g/mol. The molecule has 1 unspecified atom stereocenters. The van der Waals surface area contributed by atoms with Gasteiger partial charge in [-0.05, 0) is 29.8 Å². The Labute approximate surface area is 146 Å². The summed E-state index contributed by atoms with van der Waals surface area (Å²) in [6.07, 6.45) is -0.472. The molecule has 1 aliphatic rings. The Morgan fingerprint density at radius 1 is 1.20 bits per heavy atom. The number of amides is 2. The fourth-order valence-electron chi connectivity index (χ4n) is 2.67. The van der Waals surface area contributed by atoms with Crippen LogP contribution in [0, 0.1) is 0 Å². The maximum Gasteiger partial charge on any atom is 0.414 e. The number of benzene rings is 2. The lowest BCUT2D eigenvalue weighted by Crippen LogP contribution is -2.35. The summed E-state index contributed by atoms with van der Waals surface area (Å²) in [6, 6.07) is 16.7. The minimum Gasteiger partial charge on any atom is -0.497 e. The lowest BCUT2D eigenvalue weighted by molar-refractivity contribution is -0.120. The maximum atomic E-state index is 12.1. The highest BCUT2D eigenvalue weighted by molar-refractivity contribution is 5.89. The number of nitrogens with zero attached hydrogens (tertiary/aromatic N) is 1. The van der Waals surface area contributed by atoms with Crippen LogP contribution >= 0.6 is 0 Å². The maximum absolute atomic E-state index is 12.1. The summed E-state index contributed by atoms with van der Waals surface area (Å²) in [4.78, 5) is 25.6. The van der Waals surface area contributed by atoms with Gasteiger partial charge in [-0.25, -0.2) is 4.79 Å². The average molecular weight is 340 g/mol. The first-order valence-corrected chi connectivity index (χ1v) is 8.08. The Bertz CT molecular complexity index is 731. The number of methoxy groups -OCH3 is 1. The molecule has 0 aliphatic carbocycles. The van der Waals surface area contributed by atoms with Crippen molar-refractivity contribution in [2.24, 2.45) is 0 Å². The zero-order valence-electron chi connectivity index (χ0n) is 14.0. The van der Waals surface area contributed by atoms with Crippen molar-refractivity contribution in [1.82, 2.24) is 5.32 Å². The largest absolute Gasteiger partial charge is 0.497 e. The number of para-hydroxylation sites is 1. The molecule has 1 atom stereocenters. The molecule has 1 fully saturated rings. The number of anilines is 1. The number of hydrogen-bond acceptors (Lipinski definition) is 4. The van der Waals surface area contributed by atoms with Crippen LogP contribution in [0.2, 0.25) is 0 Å². The highest BCUT2D eigenvalue weighted by Gasteiger charge is 2.32. The number of cyclic esters (lactones) is 1. The van der Waals surface area contributed by atoms with Crippen LogP contribution in [0.3, 0.4) is 0 Å². The monoisotopic (exact) mass is 340 g/mol. The number of nitrogens with one attached hydrogen (secondary N) is 1. The number of carbonyl (C=O) groups excluding carboxylic acids is 2. The van der Waals surface area contributed by atoms with E-state index in [9.17, 15) is 9.59 Å². The number of ether oxygens (including phenoxy) is 2. The molecule has 6 nitrogen and oxygen atoms in total. The Morgan fingerprint density at radius 2 is 1.92 bits per heavy atom. The van der Waals surface area contributed by atoms with Gasteiger partial charge in [0.15, 0.2) is 0 Å². The normalized spacial score (nSPS) is 16.4. The first kappa shape index (κ1) is 16.8. The Morgan fingerprint density at radius 3 is 2.60 bits per heavy atom. The van der Waals surface area contributed by atoms with E-state index in [-0.39, 0.29) is 24.5 Å². The summed E-state index contributed by atoms with van der Waals surface area (Å²) in [5.74, 6) is 0.641. The molecule has 0 bridgehead atoms. The van der Waals surface area contributed by atoms with Crippen molar-refractivity contribution in [3.63, 3.8) is 0 Å². The van der Waals surface area contributed by atoms with Crippen LogP contribution in [-0.2, 0) is 16.0 Å². The van der Waals surface area contributed by atoms with Gasteiger partial charge in [0.25, 0.3) is 0 Å². The summed E-state index contributed by atoms with van der Waals surface area (Å²) < 4.78 is 10.4. The molecule has 0 aromatic heterocycles. The molecular formula is C19H20N2O4. The molecule has 0 spiro atoms. The summed E-state index contributed by atoms with van der Waals surface area (Å²) in [7, 11) is 1.60. The predicted molar refractivity (Wildman–Crippen MR) is 93.8 cm³/mol. The molecule has 0 saturated carbocycles. The van der Waals surface area contributed by atoms with E-state index in [4.69, 9.17) is 9.47 Å². The third kappa shape index (κ3) is 4.29. The van der Waals surface area contributed by atoms with Crippen LogP contribution in [0.4, 0.5) is 10.5 Å². The van der Waals surface area contributed by atoms with Gasteiger partial charge in [0.1, 0.15) is 11.9 Å². The molecule has 6 heteroatoms. The molecule has 0 radical (unpaired) electrons. The van der Waals surface area contributed by atoms with Crippen molar-refractivity contribution < 1.29 is 19.1 Å². The fourth-order valence-corrected chi connectivity index (χ4v) is 2.67. The van der Waals surface area contributed by atoms with Crippen molar-refractivity contribution in [2.45, 2.75) is 12.5 Å². The summed E-state index contributed by atoms with van der Waals surface area (Å²) in [5.41, 5.74) is 1.69. The molecule has 2 aromatic rings. The standard InChI is InChI=1S/C19H20N2O4/c1-24-16-9-7-14(8-10-16)11-18(22)20-12-17-13-21(19(23)25-17)15-5-3-2-4-6-15/h2-10,17H,11-13H2,1H3,(H,20,22). The van der Waals surface area contributed by atoms with Crippen molar-refractivity contribution >= 4 is 17.7 Å². The lowest BCUT2D eigenvalue weighted by Gasteiger charge is -2.12. The van der Waals surface area contributed by atoms with Gasteiger partial charge in [-0.15, -0.1) is 0 Å². The van der Waals surface area contributed by atoms with Crippen molar-refractivity contribution in [1.29, 1.82) is 0 Å². The van der Waals surface area contributed by atoms with Crippen LogP contribution < -0.4 is 15.0 Å². The average Bonchev–Trinajstić information content (AvgIpc) is 3.02. The first-order chi connectivity index (χ1) is 12.2. The van der Waals surface area contributed by atoms with Gasteiger partial charge in [-0.2, -0.15) is 0 Å². The minimum absolute atomic E-state index is 0.112. The van der Waals surface area contributed by atoms with Crippen molar-refractivity contribution in [2.75, 3.05) is 25.1 Å². The first-order valence-electron chi connectivity index (χ1n) is 8.08. The van der Waals surface area contributed by atoms with Crippen LogP contribution in [-0.4, -0.2) is 38.3 Å². The predicted octanol–water partition coefficient (Wildman–Crippen LogP) is 2.38. The third-order valence-electron chi connectivity index (χ3n) is 3.99. The molecule has 1 saturated heterocycles. The second-order valence-electron chi connectivity index (χ2n) is 5.78. The lowest BCUT2D eigenvalue weighted by atomic mass is 10.1. The quantitative estimate of drug-likeness (QED) is 0.877. The molecule has 1 N–H and O–H groups in total. The zero-order valence-corrected chi connectivity index (χ0v) is 14.0. The minimum atomic E-state index is -0.388. The van der Waals surface area contributed by atoms with Crippen LogP contribution in [0.15, 0.2) is 54.6 Å². The third-order valence-corrected chi connectivity index (χ3v) is 3.99. The van der Waals surface area contributed by atoms with Crippen LogP contribution in [0.5, 0.6) is 5.75 Å². The summed E-state index contributed by atoms with van der Waals surface area (Å²) in [5, 5.41) is 2.82. The SMILES string of the molecule is COc1ccc(CC(=O)NCC2CN(c3ccccc3)C(=O)O2)cc1. The van der Waals surface area contributed by atoms with E-state index >= 15 is 0 Å². The fraction of sp³-hybridized carbons (Fsp3) is 0.263. The van der Waals surface area contributed by atoms with Crippen LogP contribution in [0.1, 0.15) is 5.56 Å². The number of rotatable bonds is 6. The van der Waals surface area contributed by atoms with E-state index < -0.39 is 0 Å². The van der Waals surface area contributed by atoms with Crippen molar-refractivity contribution in [3.05, 3.63) is 60.2 Å². The molecule has 2 amide bonds. The molecule has 130 valence electrons. The van der Waals surface area contributed by atoms with Gasteiger partial charge in [-0.3, -0.25) is 9.69 Å². The highest BCUT2D eigenvalue weighted by Crippen LogP contribution is 2.20. The van der Waals surface area contributed by atoms with E-state index in [1.807, 2.05) is 54.6 Å². The second kappa shape index (κ2) is 7.70. The Hall–Kier alpha value is -3.02. The van der Waals surface area contributed by atoms with E-state index in [2.05, 4.69) is 5.32 Å². The van der Waals surface area contributed by atoms with E-state index in [0.29, 0.717) is 13.1 Å². The Balaban J connectivity index is 1.48. The topological polar surface area (TPSA) is 67.9 Å². The van der Waals surface area contributed by atoms with Crippen molar-refractivity contribution in [3.8, 4) is 5.75 Å². The van der Waals surface area contributed by atoms with Gasteiger partial charge in [-0.1, -0.05) is 30.3 Å². The molecule has 25 heavy (non-hydrogen) atoms. The van der Waals surface area contributed by atoms with E-state index in [1.165, 1.54) is 0 Å². The summed E-state index contributed by atoms with van der Waals surface area (Å²) in [6.45, 7) is 0.718. The Kier molecular flexibility index (Phi) is 5.18. The van der Waals surface area contributed by atoms with Gasteiger partial charge in [0, 0.05) is 5.69 Å². The molecule has 1 heterocycles. The van der Waals surface area contributed by atoms with Gasteiger partial charge < -0.3 is 14.8 Å². The smallest absolute Gasteiger partial charge is 0.414 e. The second-order valence-corrected chi connectivity index (χ2v) is 5.78. The number of hydrogen-bond donors (Lipinski definition) is 1. The van der Waals surface area contributed by atoms with Gasteiger partial charge >= 0.3 is 6.09 Å². The van der Waals surface area contributed by atoms with Gasteiger partial charge in [0.05, 0.1) is 26.6 Å². The zero-order chi connectivity index (χ0) is 17.6. The molecule has 2 aromatic carbocycles. The number of carbonyl (C=O) groups is 2. The van der Waals surface area contributed by atoms with E-state index in [0.717, 1.165) is 17.0 Å². The molecule has 1 aliphatic heterocycles. The highest BCUT2D eigenvalue weighted by atomic mass is 16.6. The van der Waals surface area contributed by atoms with Crippen LogP contribution in [0.25, 0.3) is 0 Å². The van der Waals surface area contributed by atoms with Gasteiger partial charge in [0.2, 0.25) is 5.91 Å². The van der Waals surface area contributed by atoms with E-state index in [1.54, 1.807) is 12.0 Å². The summed E-state index contributed by atoms with van der Waals surface area (Å²) >= 11 is 0.